The molecule has 0 atom stereocenters. The lowest BCUT2D eigenvalue weighted by Gasteiger charge is -2.16. The van der Waals surface area contributed by atoms with Crippen molar-refractivity contribution in [1.82, 2.24) is 4.31 Å². The van der Waals surface area contributed by atoms with Gasteiger partial charge in [0.1, 0.15) is 5.82 Å². The average Bonchev–Trinajstić information content (AvgIpc) is 2.31. The van der Waals surface area contributed by atoms with E-state index in [2.05, 4.69) is 0 Å². The lowest BCUT2D eigenvalue weighted by Crippen LogP contribution is -2.29. The zero-order chi connectivity index (χ0) is 14.5. The Labute approximate surface area is 111 Å². The molecule has 0 aliphatic heterocycles. The zero-order valence-corrected chi connectivity index (χ0v) is 11.4. The zero-order valence-electron chi connectivity index (χ0n) is 10.5. The molecule has 1 N–H and O–H groups in total. The molecule has 0 aliphatic carbocycles. The number of sulfonamides is 1. The van der Waals surface area contributed by atoms with Crippen LogP contribution in [0.25, 0.3) is 0 Å². The Bertz CT molecular complexity index is 527. The van der Waals surface area contributed by atoms with Crippen molar-refractivity contribution < 1.29 is 22.7 Å². The number of hydrogen-bond donors (Lipinski definition) is 1. The van der Waals surface area contributed by atoms with Crippen molar-refractivity contribution in [3.05, 3.63) is 35.6 Å². The number of carboxylic acids is 1. The van der Waals surface area contributed by atoms with Gasteiger partial charge in [-0.05, 0) is 24.1 Å². The van der Waals surface area contributed by atoms with Gasteiger partial charge in [-0.1, -0.05) is 12.1 Å². The van der Waals surface area contributed by atoms with Crippen LogP contribution in [0, 0.1) is 5.82 Å². The van der Waals surface area contributed by atoms with Crippen molar-refractivity contribution >= 4 is 16.0 Å². The second-order valence-electron chi connectivity index (χ2n) is 4.20. The monoisotopic (exact) mass is 289 g/mol. The number of rotatable bonds is 7. The van der Waals surface area contributed by atoms with Crippen LogP contribution in [0.2, 0.25) is 0 Å². The van der Waals surface area contributed by atoms with Crippen molar-refractivity contribution in [3.63, 3.8) is 0 Å². The second kappa shape index (κ2) is 6.63. The van der Waals surface area contributed by atoms with Gasteiger partial charge in [-0.15, -0.1) is 0 Å². The third-order valence-corrected chi connectivity index (χ3v) is 4.43. The van der Waals surface area contributed by atoms with E-state index in [0.717, 1.165) is 4.31 Å². The van der Waals surface area contributed by atoms with E-state index in [-0.39, 0.29) is 25.1 Å². The van der Waals surface area contributed by atoms with E-state index < -0.39 is 21.8 Å². The summed E-state index contributed by atoms with van der Waals surface area (Å²) < 4.78 is 37.7. The van der Waals surface area contributed by atoms with Crippen molar-refractivity contribution in [2.24, 2.45) is 0 Å². The molecule has 0 radical (unpaired) electrons. The highest BCUT2D eigenvalue weighted by Crippen LogP contribution is 2.11. The van der Waals surface area contributed by atoms with Crippen LogP contribution in [0.3, 0.4) is 0 Å². The van der Waals surface area contributed by atoms with Crippen molar-refractivity contribution in [3.8, 4) is 0 Å². The molecule has 0 saturated heterocycles. The van der Waals surface area contributed by atoms with Crippen molar-refractivity contribution in [2.45, 2.75) is 18.6 Å². The summed E-state index contributed by atoms with van der Waals surface area (Å²) in [6.45, 7) is 0.149. The van der Waals surface area contributed by atoms with Crippen LogP contribution < -0.4 is 0 Å². The van der Waals surface area contributed by atoms with Gasteiger partial charge in [0.2, 0.25) is 10.0 Å². The molecule has 0 aliphatic rings. The highest BCUT2D eigenvalue weighted by atomic mass is 32.2. The fourth-order valence-electron chi connectivity index (χ4n) is 1.49. The summed E-state index contributed by atoms with van der Waals surface area (Å²) in [7, 11) is -2.10. The molecule has 1 rings (SSSR count). The van der Waals surface area contributed by atoms with Gasteiger partial charge in [0.25, 0.3) is 0 Å². The van der Waals surface area contributed by atoms with Crippen LogP contribution in [0.4, 0.5) is 4.39 Å². The summed E-state index contributed by atoms with van der Waals surface area (Å²) in [5.74, 6) is -1.60. The Balaban J connectivity index is 2.59. The third kappa shape index (κ3) is 5.35. The number of carbonyl (C=O) groups is 1. The van der Waals surface area contributed by atoms with Crippen molar-refractivity contribution in [2.75, 3.05) is 13.6 Å². The molecule has 0 heterocycles. The SMILES string of the molecule is CN(CCCC(=O)O)S(=O)(=O)Cc1ccc(F)cc1. The van der Waals surface area contributed by atoms with E-state index >= 15 is 0 Å². The van der Waals surface area contributed by atoms with Crippen molar-refractivity contribution in [1.29, 1.82) is 0 Å². The molecule has 0 aromatic heterocycles. The lowest BCUT2D eigenvalue weighted by atomic mass is 10.2. The van der Waals surface area contributed by atoms with E-state index in [0.29, 0.717) is 5.56 Å². The number of hydrogen-bond acceptors (Lipinski definition) is 3. The second-order valence-corrected chi connectivity index (χ2v) is 6.28. The van der Waals surface area contributed by atoms with E-state index in [4.69, 9.17) is 5.11 Å². The summed E-state index contributed by atoms with van der Waals surface area (Å²) >= 11 is 0. The maximum absolute atomic E-state index is 12.7. The molecule has 0 spiro atoms. The molecule has 0 amide bonds. The quantitative estimate of drug-likeness (QED) is 0.824. The first-order valence-electron chi connectivity index (χ1n) is 5.71. The predicted octanol–water partition coefficient (Wildman–Crippen LogP) is 1.45. The minimum atomic E-state index is -3.51. The Kier molecular flexibility index (Phi) is 5.44. The van der Waals surface area contributed by atoms with E-state index in [1.165, 1.54) is 31.3 Å². The summed E-state index contributed by atoms with van der Waals surface area (Å²) in [5.41, 5.74) is 0.492. The average molecular weight is 289 g/mol. The fourth-order valence-corrected chi connectivity index (χ4v) is 2.73. The number of nitrogens with zero attached hydrogens (tertiary/aromatic N) is 1. The lowest BCUT2D eigenvalue weighted by molar-refractivity contribution is -0.137. The molecule has 19 heavy (non-hydrogen) atoms. The Morgan fingerprint density at radius 3 is 2.42 bits per heavy atom. The highest BCUT2D eigenvalue weighted by molar-refractivity contribution is 7.88. The topological polar surface area (TPSA) is 74.7 Å². The molecule has 0 saturated carbocycles. The molecule has 0 unspecified atom stereocenters. The van der Waals surface area contributed by atoms with Crippen LogP contribution in [0.1, 0.15) is 18.4 Å². The van der Waals surface area contributed by atoms with Gasteiger partial charge in [0, 0.05) is 20.0 Å². The first kappa shape index (κ1) is 15.6. The Morgan fingerprint density at radius 2 is 1.89 bits per heavy atom. The third-order valence-electron chi connectivity index (χ3n) is 2.60. The number of halogens is 1. The Hall–Kier alpha value is -1.47. The van der Waals surface area contributed by atoms with Crippen LogP contribution >= 0.6 is 0 Å². The number of benzene rings is 1. The van der Waals surface area contributed by atoms with Crippen LogP contribution in [0.5, 0.6) is 0 Å². The fraction of sp³-hybridized carbons (Fsp3) is 0.417. The van der Waals surface area contributed by atoms with Gasteiger partial charge in [-0.25, -0.2) is 17.1 Å². The van der Waals surface area contributed by atoms with Crippen LogP contribution in [0.15, 0.2) is 24.3 Å². The van der Waals surface area contributed by atoms with Gasteiger partial charge < -0.3 is 5.11 Å². The first-order chi connectivity index (χ1) is 8.81. The molecule has 5 nitrogen and oxygen atoms in total. The normalized spacial score (nSPS) is 11.7. The van der Waals surface area contributed by atoms with Crippen LogP contribution in [-0.2, 0) is 20.6 Å². The molecule has 106 valence electrons. The van der Waals surface area contributed by atoms with E-state index in [1.54, 1.807) is 0 Å². The van der Waals surface area contributed by atoms with Gasteiger partial charge in [0.15, 0.2) is 0 Å². The number of aliphatic carboxylic acids is 1. The summed E-state index contributed by atoms with van der Waals surface area (Å²) in [5, 5.41) is 8.49. The predicted molar refractivity (Wildman–Crippen MR) is 68.5 cm³/mol. The van der Waals surface area contributed by atoms with Gasteiger partial charge >= 0.3 is 5.97 Å². The van der Waals surface area contributed by atoms with E-state index in [1.807, 2.05) is 0 Å². The first-order valence-corrected chi connectivity index (χ1v) is 7.32. The van der Waals surface area contributed by atoms with Gasteiger partial charge in [-0.2, -0.15) is 0 Å². The standard InChI is InChI=1S/C12H16FNO4S/c1-14(8-2-3-12(15)16)19(17,18)9-10-4-6-11(13)7-5-10/h4-7H,2-3,8-9H2,1H3,(H,15,16). The van der Waals surface area contributed by atoms with Gasteiger partial charge in [0.05, 0.1) is 5.75 Å². The minimum Gasteiger partial charge on any atom is -0.481 e. The summed E-state index contributed by atoms with van der Waals surface area (Å²) in [6, 6.07) is 5.24. The molecular formula is C12H16FNO4S. The highest BCUT2D eigenvalue weighted by Gasteiger charge is 2.18. The maximum atomic E-state index is 12.7. The minimum absolute atomic E-state index is 0.0730. The maximum Gasteiger partial charge on any atom is 0.303 e. The smallest absolute Gasteiger partial charge is 0.303 e. The van der Waals surface area contributed by atoms with Crippen LogP contribution in [-0.4, -0.2) is 37.4 Å². The van der Waals surface area contributed by atoms with Gasteiger partial charge in [-0.3, -0.25) is 4.79 Å². The molecule has 1 aromatic rings. The molecular weight excluding hydrogens is 273 g/mol. The molecule has 0 bridgehead atoms. The van der Waals surface area contributed by atoms with E-state index in [9.17, 15) is 17.6 Å². The largest absolute Gasteiger partial charge is 0.481 e. The molecule has 1 aromatic carbocycles. The summed E-state index contributed by atoms with van der Waals surface area (Å²) in [4.78, 5) is 10.3. The Morgan fingerprint density at radius 1 is 1.32 bits per heavy atom. The molecule has 7 heteroatoms. The molecule has 0 fully saturated rings. The summed E-state index contributed by atoms with van der Waals surface area (Å²) in [6.07, 6.45) is 0.185. The number of carboxylic acid groups (broad SMARTS) is 1.